The first kappa shape index (κ1) is 11.6. The van der Waals surface area contributed by atoms with Gasteiger partial charge >= 0.3 is 0 Å². The summed E-state index contributed by atoms with van der Waals surface area (Å²) in [4.78, 5) is 10.6. The van der Waals surface area contributed by atoms with E-state index in [1.54, 1.807) is 0 Å². The maximum absolute atomic E-state index is 11.0. The summed E-state index contributed by atoms with van der Waals surface area (Å²) in [5.41, 5.74) is 0.0823. The number of primary sulfonamides is 1. The van der Waals surface area contributed by atoms with Crippen molar-refractivity contribution in [1.82, 2.24) is 0 Å². The van der Waals surface area contributed by atoms with Crippen molar-refractivity contribution in [2.24, 2.45) is 5.14 Å². The Morgan fingerprint density at radius 2 is 2.00 bits per heavy atom. The molecule has 0 saturated heterocycles. The van der Waals surface area contributed by atoms with E-state index in [-0.39, 0.29) is 10.5 Å². The number of carbonyl (C=O) groups is 1. The van der Waals surface area contributed by atoms with Crippen molar-refractivity contribution in [3.63, 3.8) is 0 Å². The Balaban J connectivity index is 3.44. The molecule has 14 heavy (non-hydrogen) atoms. The standard InChI is InChI=1S/C7H5BrClNO3S/c8-5-2-1-4(7(9)11)3-6(5)14(10,12)13/h1-3H,(H2,10,12,13). The predicted octanol–water partition coefficient (Wildman–Crippen LogP) is 1.48. The summed E-state index contributed by atoms with van der Waals surface area (Å²) in [5.74, 6) is 0. The minimum Gasteiger partial charge on any atom is -0.276 e. The zero-order chi connectivity index (χ0) is 10.9. The van der Waals surface area contributed by atoms with E-state index in [0.717, 1.165) is 6.07 Å². The van der Waals surface area contributed by atoms with Gasteiger partial charge in [0.2, 0.25) is 10.0 Å². The molecule has 0 unspecified atom stereocenters. The fourth-order valence-corrected chi connectivity index (χ4v) is 2.52. The van der Waals surface area contributed by atoms with Gasteiger partial charge in [0.1, 0.15) is 0 Å². The molecule has 0 aliphatic carbocycles. The Kier molecular flexibility index (Phi) is 3.31. The normalized spacial score (nSPS) is 11.4. The second kappa shape index (κ2) is 3.98. The van der Waals surface area contributed by atoms with E-state index in [4.69, 9.17) is 16.7 Å². The SMILES string of the molecule is NS(=O)(=O)c1cc(C(=O)Cl)ccc1Br. The largest absolute Gasteiger partial charge is 0.276 e. The molecule has 0 fully saturated rings. The Morgan fingerprint density at radius 1 is 1.43 bits per heavy atom. The molecule has 0 aromatic heterocycles. The summed E-state index contributed by atoms with van der Waals surface area (Å²) in [7, 11) is -3.85. The fraction of sp³-hybridized carbons (Fsp3) is 0. The first-order valence-corrected chi connectivity index (χ1v) is 6.06. The van der Waals surface area contributed by atoms with E-state index < -0.39 is 15.3 Å². The van der Waals surface area contributed by atoms with Gasteiger partial charge in [-0.25, -0.2) is 13.6 Å². The molecule has 0 heterocycles. The number of carbonyl (C=O) groups excluding carboxylic acids is 1. The van der Waals surface area contributed by atoms with Crippen LogP contribution in [0.1, 0.15) is 10.4 Å². The maximum Gasteiger partial charge on any atom is 0.252 e. The van der Waals surface area contributed by atoms with Gasteiger partial charge in [-0.15, -0.1) is 0 Å². The second-order valence-electron chi connectivity index (χ2n) is 2.46. The van der Waals surface area contributed by atoms with E-state index in [2.05, 4.69) is 15.9 Å². The molecule has 0 amide bonds. The maximum atomic E-state index is 11.0. The molecule has 0 saturated carbocycles. The highest BCUT2D eigenvalue weighted by Crippen LogP contribution is 2.22. The summed E-state index contributed by atoms with van der Waals surface area (Å²) in [6.07, 6.45) is 0. The van der Waals surface area contributed by atoms with E-state index in [1.165, 1.54) is 12.1 Å². The van der Waals surface area contributed by atoms with Crippen LogP contribution in [-0.2, 0) is 10.0 Å². The van der Waals surface area contributed by atoms with Crippen LogP contribution in [0, 0.1) is 0 Å². The lowest BCUT2D eigenvalue weighted by Gasteiger charge is -2.02. The van der Waals surface area contributed by atoms with Crippen LogP contribution in [-0.4, -0.2) is 13.7 Å². The molecule has 1 aromatic rings. The summed E-state index contributed by atoms with van der Waals surface area (Å²) < 4.78 is 22.3. The lowest BCUT2D eigenvalue weighted by molar-refractivity contribution is 0.108. The number of hydrogen-bond donors (Lipinski definition) is 1. The molecule has 0 aliphatic heterocycles. The zero-order valence-corrected chi connectivity index (χ0v) is 9.86. The van der Waals surface area contributed by atoms with Crippen molar-refractivity contribution in [1.29, 1.82) is 0 Å². The number of halogens is 2. The van der Waals surface area contributed by atoms with Crippen LogP contribution in [0.3, 0.4) is 0 Å². The van der Waals surface area contributed by atoms with Crippen molar-refractivity contribution < 1.29 is 13.2 Å². The molecule has 76 valence electrons. The quantitative estimate of drug-likeness (QED) is 0.840. The van der Waals surface area contributed by atoms with Gasteiger partial charge in [0.25, 0.3) is 5.24 Å². The third-order valence-corrected chi connectivity index (χ3v) is 3.59. The zero-order valence-electron chi connectivity index (χ0n) is 6.70. The molecule has 0 atom stereocenters. The number of sulfonamides is 1. The van der Waals surface area contributed by atoms with Crippen molar-refractivity contribution in [3.8, 4) is 0 Å². The van der Waals surface area contributed by atoms with Crippen molar-refractivity contribution in [2.75, 3.05) is 0 Å². The lowest BCUT2D eigenvalue weighted by Crippen LogP contribution is -2.13. The van der Waals surface area contributed by atoms with Crippen LogP contribution >= 0.6 is 27.5 Å². The van der Waals surface area contributed by atoms with Crippen LogP contribution < -0.4 is 5.14 Å². The first-order valence-electron chi connectivity index (χ1n) is 3.34. The second-order valence-corrected chi connectivity index (χ2v) is 5.19. The predicted molar refractivity (Wildman–Crippen MR) is 55.7 cm³/mol. The Morgan fingerprint density at radius 3 is 2.43 bits per heavy atom. The summed E-state index contributed by atoms with van der Waals surface area (Å²) in [6, 6.07) is 3.91. The van der Waals surface area contributed by atoms with Crippen molar-refractivity contribution in [3.05, 3.63) is 28.2 Å². The van der Waals surface area contributed by atoms with Gasteiger partial charge < -0.3 is 0 Å². The Hall–Kier alpha value is -0.430. The highest BCUT2D eigenvalue weighted by atomic mass is 79.9. The highest BCUT2D eigenvalue weighted by molar-refractivity contribution is 9.10. The Labute approximate surface area is 94.2 Å². The van der Waals surface area contributed by atoms with Crippen LogP contribution in [0.4, 0.5) is 0 Å². The van der Waals surface area contributed by atoms with Gasteiger partial charge in [0.05, 0.1) is 4.90 Å². The monoisotopic (exact) mass is 297 g/mol. The molecular formula is C7H5BrClNO3S. The number of rotatable bonds is 2. The Bertz CT molecular complexity index is 486. The van der Waals surface area contributed by atoms with Gasteiger partial charge in [0.15, 0.2) is 0 Å². The average molecular weight is 299 g/mol. The van der Waals surface area contributed by atoms with Gasteiger partial charge in [-0.3, -0.25) is 4.79 Å². The van der Waals surface area contributed by atoms with E-state index in [9.17, 15) is 13.2 Å². The van der Waals surface area contributed by atoms with Crippen molar-refractivity contribution >= 4 is 42.8 Å². The number of benzene rings is 1. The van der Waals surface area contributed by atoms with Crippen molar-refractivity contribution in [2.45, 2.75) is 4.90 Å². The molecule has 4 nitrogen and oxygen atoms in total. The molecule has 1 aromatic carbocycles. The number of nitrogens with two attached hydrogens (primary N) is 1. The molecule has 0 aliphatic rings. The fourth-order valence-electron chi connectivity index (χ4n) is 0.844. The van der Waals surface area contributed by atoms with Crippen LogP contribution in [0.25, 0.3) is 0 Å². The molecule has 2 N–H and O–H groups in total. The van der Waals surface area contributed by atoms with E-state index >= 15 is 0 Å². The number of hydrogen-bond acceptors (Lipinski definition) is 3. The molecule has 0 spiro atoms. The molecule has 0 radical (unpaired) electrons. The minimum absolute atomic E-state index is 0.0823. The highest BCUT2D eigenvalue weighted by Gasteiger charge is 2.14. The molecular weight excluding hydrogens is 294 g/mol. The minimum atomic E-state index is -3.85. The summed E-state index contributed by atoms with van der Waals surface area (Å²) >= 11 is 8.19. The third-order valence-electron chi connectivity index (χ3n) is 1.46. The molecule has 7 heteroatoms. The van der Waals surface area contributed by atoms with E-state index in [0.29, 0.717) is 4.47 Å². The average Bonchev–Trinajstić information content (AvgIpc) is 2.02. The third kappa shape index (κ3) is 2.54. The van der Waals surface area contributed by atoms with Gasteiger partial charge in [0, 0.05) is 10.0 Å². The smallest absolute Gasteiger partial charge is 0.252 e. The summed E-state index contributed by atoms with van der Waals surface area (Å²) in [6.45, 7) is 0. The molecule has 0 bridgehead atoms. The lowest BCUT2D eigenvalue weighted by atomic mass is 10.2. The van der Waals surface area contributed by atoms with Crippen LogP contribution in [0.5, 0.6) is 0 Å². The topological polar surface area (TPSA) is 77.2 Å². The van der Waals surface area contributed by atoms with Gasteiger partial charge in [-0.1, -0.05) is 0 Å². The molecule has 1 rings (SSSR count). The van der Waals surface area contributed by atoms with Crippen LogP contribution in [0.15, 0.2) is 27.6 Å². The van der Waals surface area contributed by atoms with Crippen LogP contribution in [0.2, 0.25) is 0 Å². The first-order chi connectivity index (χ1) is 6.32. The van der Waals surface area contributed by atoms with Gasteiger partial charge in [-0.05, 0) is 45.7 Å². The van der Waals surface area contributed by atoms with Gasteiger partial charge in [-0.2, -0.15) is 0 Å². The van der Waals surface area contributed by atoms with E-state index in [1.807, 2.05) is 0 Å². The summed E-state index contributed by atoms with van der Waals surface area (Å²) in [5, 5.41) is 4.18.